The Morgan fingerprint density at radius 2 is 2.33 bits per heavy atom. The summed E-state index contributed by atoms with van der Waals surface area (Å²) in [6.07, 6.45) is 3.16. The lowest BCUT2D eigenvalue weighted by atomic mass is 10.3. The monoisotopic (exact) mass is 262 g/mol. The van der Waals surface area contributed by atoms with Crippen LogP contribution in [0.15, 0.2) is 39.8 Å². The van der Waals surface area contributed by atoms with Crippen molar-refractivity contribution in [3.63, 3.8) is 0 Å². The lowest BCUT2D eigenvalue weighted by Gasteiger charge is -2.18. The highest BCUT2D eigenvalue weighted by atomic mass is 32.2. The molecule has 0 N–H and O–H groups in total. The van der Waals surface area contributed by atoms with Crippen molar-refractivity contribution < 1.29 is 0 Å². The Hall–Kier alpha value is -2.00. The van der Waals surface area contributed by atoms with E-state index in [9.17, 15) is 4.79 Å². The number of rotatable bonds is 5. The molecule has 0 spiro atoms. The fourth-order valence-electron chi connectivity index (χ4n) is 1.44. The average Bonchev–Trinajstić information content (AvgIpc) is 2.34. The topological polar surface area (TPSA) is 61.4 Å². The molecular weight excluding hydrogens is 248 g/mol. The molecule has 0 aliphatic carbocycles. The lowest BCUT2D eigenvalue weighted by Crippen LogP contribution is -2.24. The zero-order valence-corrected chi connectivity index (χ0v) is 11.1. The second kappa shape index (κ2) is 6.07. The quantitative estimate of drug-likeness (QED) is 0.354. The van der Waals surface area contributed by atoms with Gasteiger partial charge in [-0.05, 0) is 31.7 Å². The second-order valence-electron chi connectivity index (χ2n) is 3.73. The van der Waals surface area contributed by atoms with Gasteiger partial charge in [-0.3, -0.25) is 4.79 Å². The van der Waals surface area contributed by atoms with E-state index in [1.165, 1.54) is 11.2 Å². The Kier molecular flexibility index (Phi) is 4.75. The first-order valence-electron chi connectivity index (χ1n) is 5.25. The zero-order valence-electron chi connectivity index (χ0n) is 10.3. The van der Waals surface area contributed by atoms with Crippen molar-refractivity contribution in [2.24, 2.45) is 5.10 Å². The first kappa shape index (κ1) is 14.1. The van der Waals surface area contributed by atoms with Crippen LogP contribution in [0.4, 0.5) is 5.69 Å². The molecule has 0 aromatic carbocycles. The van der Waals surface area contributed by atoms with Crippen LogP contribution in [0.1, 0.15) is 19.9 Å². The van der Waals surface area contributed by atoms with Crippen molar-refractivity contribution in [2.75, 3.05) is 5.01 Å². The Morgan fingerprint density at radius 3 is 2.78 bits per heavy atom. The molecule has 94 valence electrons. The Morgan fingerprint density at radius 1 is 1.67 bits per heavy atom. The van der Waals surface area contributed by atoms with Crippen molar-refractivity contribution in [1.82, 2.24) is 4.57 Å². The van der Waals surface area contributed by atoms with E-state index in [2.05, 4.69) is 18.4 Å². The van der Waals surface area contributed by atoms with Gasteiger partial charge in [0.15, 0.2) is 0 Å². The Balaban J connectivity index is 3.47. The van der Waals surface area contributed by atoms with Crippen molar-refractivity contribution in [3.8, 4) is 5.40 Å². The summed E-state index contributed by atoms with van der Waals surface area (Å²) < 4.78 is 1.55. The van der Waals surface area contributed by atoms with E-state index in [4.69, 9.17) is 5.26 Å². The van der Waals surface area contributed by atoms with E-state index in [0.717, 1.165) is 11.8 Å². The molecule has 0 saturated carbocycles. The van der Waals surface area contributed by atoms with Gasteiger partial charge in [0.05, 0.1) is 10.6 Å². The minimum absolute atomic E-state index is 0.00743. The minimum Gasteiger partial charge on any atom is -0.310 e. The maximum Gasteiger partial charge on any atom is 0.265 e. The van der Waals surface area contributed by atoms with Gasteiger partial charge < -0.3 is 4.57 Å². The van der Waals surface area contributed by atoms with Crippen LogP contribution in [0.5, 0.6) is 0 Å². The van der Waals surface area contributed by atoms with E-state index in [1.807, 2.05) is 19.2 Å². The number of anilines is 1. The van der Waals surface area contributed by atoms with Crippen LogP contribution in [0, 0.1) is 10.7 Å². The smallest absolute Gasteiger partial charge is 0.265 e. The number of thioether (sulfide) groups is 1. The largest absolute Gasteiger partial charge is 0.310 e. The van der Waals surface area contributed by atoms with Gasteiger partial charge in [0, 0.05) is 25.2 Å². The molecule has 0 atom stereocenters. The summed E-state index contributed by atoms with van der Waals surface area (Å²) in [5.41, 5.74) is 0.458. The van der Waals surface area contributed by atoms with Gasteiger partial charge in [-0.15, -0.1) is 0 Å². The highest BCUT2D eigenvalue weighted by molar-refractivity contribution is 8.03. The van der Waals surface area contributed by atoms with Gasteiger partial charge in [0.1, 0.15) is 5.40 Å². The normalized spacial score (nSPS) is 9.89. The number of thiocyanates is 1. The zero-order chi connectivity index (χ0) is 13.7. The van der Waals surface area contributed by atoms with Crippen LogP contribution in [0.25, 0.3) is 0 Å². The van der Waals surface area contributed by atoms with E-state index < -0.39 is 0 Å². The average molecular weight is 262 g/mol. The molecule has 0 bridgehead atoms. The van der Waals surface area contributed by atoms with Gasteiger partial charge in [0.25, 0.3) is 5.56 Å². The summed E-state index contributed by atoms with van der Waals surface area (Å²) in [6, 6.07) is 1.60. The third kappa shape index (κ3) is 2.81. The molecule has 5 nitrogen and oxygen atoms in total. The summed E-state index contributed by atoms with van der Waals surface area (Å²) in [7, 11) is 0. The SMILES string of the molecule is C=CN(N=C)c1cc(SC#N)c(=O)n(C(C)C)c1. The van der Waals surface area contributed by atoms with Crippen LogP contribution in [0.3, 0.4) is 0 Å². The fourth-order valence-corrected chi connectivity index (χ4v) is 1.91. The molecule has 6 heteroatoms. The molecule has 1 aromatic heterocycles. The number of hydrazone groups is 1. The third-order valence-corrected chi connectivity index (χ3v) is 2.90. The Bertz CT molecular complexity index is 548. The predicted molar refractivity (Wildman–Crippen MR) is 74.8 cm³/mol. The summed E-state index contributed by atoms with van der Waals surface area (Å²) in [4.78, 5) is 12.4. The van der Waals surface area contributed by atoms with E-state index in [0.29, 0.717) is 10.6 Å². The molecule has 0 unspecified atom stereocenters. The summed E-state index contributed by atoms with van der Waals surface area (Å²) in [6.45, 7) is 10.8. The first-order valence-corrected chi connectivity index (χ1v) is 6.07. The van der Waals surface area contributed by atoms with Crippen molar-refractivity contribution in [2.45, 2.75) is 24.8 Å². The molecule has 18 heavy (non-hydrogen) atoms. The number of nitriles is 1. The molecule has 0 aliphatic heterocycles. The maximum atomic E-state index is 12.1. The highest BCUT2D eigenvalue weighted by Crippen LogP contribution is 2.21. The van der Waals surface area contributed by atoms with Crippen molar-refractivity contribution in [1.29, 1.82) is 5.26 Å². The van der Waals surface area contributed by atoms with E-state index >= 15 is 0 Å². The van der Waals surface area contributed by atoms with Crippen molar-refractivity contribution in [3.05, 3.63) is 35.4 Å². The van der Waals surface area contributed by atoms with Crippen LogP contribution in [-0.4, -0.2) is 11.3 Å². The van der Waals surface area contributed by atoms with Crippen LogP contribution < -0.4 is 10.6 Å². The third-order valence-electron chi connectivity index (χ3n) is 2.30. The number of pyridine rings is 1. The molecule has 1 aromatic rings. The summed E-state index contributed by atoms with van der Waals surface area (Å²) >= 11 is 0.835. The number of aromatic nitrogens is 1. The molecule has 1 heterocycles. The Labute approximate surface area is 110 Å². The van der Waals surface area contributed by atoms with Gasteiger partial charge in [-0.2, -0.15) is 10.4 Å². The van der Waals surface area contributed by atoms with Crippen LogP contribution in [0.2, 0.25) is 0 Å². The number of hydrogen-bond acceptors (Lipinski definition) is 5. The molecule has 0 saturated heterocycles. The molecule has 0 radical (unpaired) electrons. The number of nitrogens with zero attached hydrogens (tertiary/aromatic N) is 4. The molecule has 1 rings (SSSR count). The van der Waals surface area contributed by atoms with Gasteiger partial charge >= 0.3 is 0 Å². The molecular formula is C12H14N4OS. The van der Waals surface area contributed by atoms with Crippen molar-refractivity contribution >= 4 is 24.2 Å². The molecule has 0 amide bonds. The second-order valence-corrected chi connectivity index (χ2v) is 4.56. The van der Waals surface area contributed by atoms with Gasteiger partial charge in [-0.25, -0.2) is 5.01 Å². The van der Waals surface area contributed by atoms with Gasteiger partial charge in [-0.1, -0.05) is 6.58 Å². The van der Waals surface area contributed by atoms with E-state index in [-0.39, 0.29) is 11.6 Å². The molecule has 0 aliphatic rings. The standard InChI is InChI=1S/C12H14N4OS/c1-5-16(14-4)10-6-11(18-8-13)12(17)15(7-10)9(2)3/h5-7,9H,1,4H2,2-3H3. The summed E-state index contributed by atoms with van der Waals surface area (Å²) in [5, 5.41) is 15.8. The first-order chi connectivity index (χ1) is 8.54. The van der Waals surface area contributed by atoms with Crippen LogP contribution >= 0.6 is 11.8 Å². The summed E-state index contributed by atoms with van der Waals surface area (Å²) in [5.74, 6) is 0. The number of hydrogen-bond donors (Lipinski definition) is 0. The highest BCUT2D eigenvalue weighted by Gasteiger charge is 2.12. The minimum atomic E-state index is -0.187. The predicted octanol–water partition coefficient (Wildman–Crippen LogP) is 2.57. The van der Waals surface area contributed by atoms with Crippen LogP contribution in [-0.2, 0) is 0 Å². The fraction of sp³-hybridized carbons (Fsp3) is 0.250. The maximum absolute atomic E-state index is 12.1. The molecule has 0 fully saturated rings. The lowest BCUT2D eigenvalue weighted by molar-refractivity contribution is 0.570. The van der Waals surface area contributed by atoms with E-state index in [1.54, 1.807) is 16.8 Å². The van der Waals surface area contributed by atoms with Gasteiger partial charge in [0.2, 0.25) is 0 Å².